The third-order valence-corrected chi connectivity index (χ3v) is 6.06. The average molecular weight is 406 g/mol. The molecule has 0 amide bonds. The summed E-state index contributed by atoms with van der Waals surface area (Å²) in [6.45, 7) is 3.72. The van der Waals surface area contributed by atoms with Crippen LogP contribution in [-0.2, 0) is 23.0 Å². The minimum absolute atomic E-state index is 0.129. The second-order valence-electron chi connectivity index (χ2n) is 7.01. The molecule has 2 N–H and O–H groups in total. The molecule has 6 heteroatoms. The molecule has 3 aromatic carbocycles. The van der Waals surface area contributed by atoms with Crippen LogP contribution in [0, 0.1) is 0 Å². The number of benzene rings is 3. The van der Waals surface area contributed by atoms with Gasteiger partial charge in [0.1, 0.15) is 0 Å². The molecule has 4 rings (SSSR count). The zero-order valence-electron chi connectivity index (χ0n) is 16.2. The summed E-state index contributed by atoms with van der Waals surface area (Å²) in [6.07, 6.45) is 2.63. The van der Waals surface area contributed by atoms with Crippen molar-refractivity contribution < 1.29 is 8.42 Å². The first kappa shape index (κ1) is 19.4. The Bertz CT molecular complexity index is 1300. The summed E-state index contributed by atoms with van der Waals surface area (Å²) in [6, 6.07) is 21.5. The molecule has 0 aliphatic heterocycles. The maximum atomic E-state index is 11.3. The molecule has 29 heavy (non-hydrogen) atoms. The van der Waals surface area contributed by atoms with E-state index in [-0.39, 0.29) is 4.90 Å². The van der Waals surface area contributed by atoms with Crippen LogP contribution < -0.4 is 5.14 Å². The summed E-state index contributed by atoms with van der Waals surface area (Å²) in [5.41, 5.74) is 4.58. The van der Waals surface area contributed by atoms with Crippen LogP contribution in [0.2, 0.25) is 0 Å². The molecule has 0 atom stereocenters. The highest BCUT2D eigenvalue weighted by molar-refractivity contribution is 7.89. The van der Waals surface area contributed by atoms with Gasteiger partial charge in [0.15, 0.2) is 0 Å². The number of nitrogens with two attached hydrogens (primary N) is 1. The van der Waals surface area contributed by atoms with Gasteiger partial charge in [0.25, 0.3) is 0 Å². The molecular weight excluding hydrogens is 382 g/mol. The number of fused-ring (bicyclic) bond motifs is 3. The van der Waals surface area contributed by atoms with E-state index < -0.39 is 10.0 Å². The van der Waals surface area contributed by atoms with Gasteiger partial charge in [0, 0.05) is 41.1 Å². The molecule has 0 bridgehead atoms. The van der Waals surface area contributed by atoms with Gasteiger partial charge in [-0.05, 0) is 54.8 Å². The van der Waals surface area contributed by atoms with Crippen LogP contribution in [0.5, 0.6) is 0 Å². The molecule has 1 heterocycles. The van der Waals surface area contributed by atoms with Gasteiger partial charge < -0.3 is 4.57 Å². The van der Waals surface area contributed by atoms with Gasteiger partial charge in [-0.3, -0.25) is 4.99 Å². The fraction of sp³-hybridized carbons (Fsp3) is 0.174. The van der Waals surface area contributed by atoms with E-state index in [4.69, 9.17) is 5.14 Å². The Kier molecular flexibility index (Phi) is 5.22. The number of nitrogens with zero attached hydrogens (tertiary/aromatic N) is 2. The van der Waals surface area contributed by atoms with Crippen molar-refractivity contribution in [3.05, 3.63) is 77.9 Å². The summed E-state index contributed by atoms with van der Waals surface area (Å²) in [7, 11) is -3.65. The molecule has 0 aliphatic rings. The molecule has 5 nitrogen and oxygen atoms in total. The van der Waals surface area contributed by atoms with Crippen molar-refractivity contribution >= 4 is 38.0 Å². The highest BCUT2D eigenvalue weighted by atomic mass is 32.2. The number of aryl methyl sites for hydroxylation is 1. The first-order valence-corrected chi connectivity index (χ1v) is 11.1. The van der Waals surface area contributed by atoms with E-state index in [2.05, 4.69) is 58.9 Å². The molecule has 0 radical (unpaired) electrons. The monoisotopic (exact) mass is 405 g/mol. The second kappa shape index (κ2) is 7.81. The zero-order valence-corrected chi connectivity index (χ0v) is 17.1. The number of para-hydroxylation sites is 1. The Balaban J connectivity index is 1.51. The maximum absolute atomic E-state index is 11.3. The molecule has 148 valence electrons. The Morgan fingerprint density at radius 2 is 1.69 bits per heavy atom. The molecule has 4 aromatic rings. The van der Waals surface area contributed by atoms with Gasteiger partial charge in [-0.25, -0.2) is 13.6 Å². The van der Waals surface area contributed by atoms with Crippen LogP contribution in [0.4, 0.5) is 0 Å². The maximum Gasteiger partial charge on any atom is 0.238 e. The first-order chi connectivity index (χ1) is 14.0. The third-order valence-electron chi connectivity index (χ3n) is 5.13. The average Bonchev–Trinajstić information content (AvgIpc) is 3.04. The lowest BCUT2D eigenvalue weighted by atomic mass is 10.1. The van der Waals surface area contributed by atoms with Crippen molar-refractivity contribution in [2.24, 2.45) is 10.1 Å². The van der Waals surface area contributed by atoms with Crippen LogP contribution >= 0.6 is 0 Å². The minimum Gasteiger partial charge on any atom is -0.341 e. The van der Waals surface area contributed by atoms with Crippen LogP contribution in [0.15, 0.2) is 76.6 Å². The predicted octanol–water partition coefficient (Wildman–Crippen LogP) is 4.12. The Hall–Kier alpha value is -2.96. The second-order valence-corrected chi connectivity index (χ2v) is 8.57. The summed E-state index contributed by atoms with van der Waals surface area (Å²) >= 11 is 0. The Morgan fingerprint density at radius 3 is 2.41 bits per heavy atom. The van der Waals surface area contributed by atoms with E-state index >= 15 is 0 Å². The van der Waals surface area contributed by atoms with Crippen molar-refractivity contribution in [3.63, 3.8) is 0 Å². The van der Waals surface area contributed by atoms with Crippen LogP contribution in [0.25, 0.3) is 21.8 Å². The van der Waals surface area contributed by atoms with Gasteiger partial charge in [-0.1, -0.05) is 36.4 Å². The lowest BCUT2D eigenvalue weighted by Crippen LogP contribution is -2.11. The molecule has 0 unspecified atom stereocenters. The normalized spacial score (nSPS) is 12.3. The molecular formula is C23H23N3O2S. The van der Waals surface area contributed by atoms with E-state index in [0.717, 1.165) is 24.1 Å². The van der Waals surface area contributed by atoms with E-state index in [1.807, 2.05) is 6.21 Å². The molecule has 0 saturated carbocycles. The molecule has 1 aromatic heterocycles. The highest BCUT2D eigenvalue weighted by Crippen LogP contribution is 2.29. The van der Waals surface area contributed by atoms with Crippen LogP contribution in [0.1, 0.15) is 18.1 Å². The summed E-state index contributed by atoms with van der Waals surface area (Å²) < 4.78 is 24.9. The van der Waals surface area contributed by atoms with Crippen LogP contribution in [0.3, 0.4) is 0 Å². The van der Waals surface area contributed by atoms with Gasteiger partial charge in [-0.2, -0.15) is 0 Å². The number of primary sulfonamides is 1. The summed E-state index contributed by atoms with van der Waals surface area (Å²) in [5, 5.41) is 7.62. The van der Waals surface area contributed by atoms with E-state index in [1.54, 1.807) is 12.1 Å². The van der Waals surface area contributed by atoms with Gasteiger partial charge >= 0.3 is 0 Å². The predicted molar refractivity (Wildman–Crippen MR) is 119 cm³/mol. The summed E-state index contributed by atoms with van der Waals surface area (Å²) in [4.78, 5) is 4.68. The number of hydrogen-bond donors (Lipinski definition) is 1. The standard InChI is InChI=1S/C23H23N3O2S/c1-2-26-22-6-4-3-5-20(22)21-15-18(9-12-23(21)26)16-25-14-13-17-7-10-19(11-8-17)29(24,27)28/h3-12,15-16H,2,13-14H2,1H3,(H2,24,27,28). The first-order valence-electron chi connectivity index (χ1n) is 9.60. The number of sulfonamides is 1. The quantitative estimate of drug-likeness (QED) is 0.490. The number of rotatable bonds is 6. The number of aliphatic imine (C=N–C) groups is 1. The van der Waals surface area contributed by atoms with Gasteiger partial charge in [0.05, 0.1) is 4.90 Å². The highest BCUT2D eigenvalue weighted by Gasteiger charge is 2.09. The summed E-state index contributed by atoms with van der Waals surface area (Å²) in [5.74, 6) is 0. The van der Waals surface area contributed by atoms with Crippen LogP contribution in [-0.4, -0.2) is 25.7 Å². The zero-order chi connectivity index (χ0) is 20.4. The largest absolute Gasteiger partial charge is 0.341 e. The van der Waals surface area contributed by atoms with Crippen molar-refractivity contribution in [1.82, 2.24) is 4.57 Å². The van der Waals surface area contributed by atoms with Crippen molar-refractivity contribution in [2.75, 3.05) is 6.54 Å². The Morgan fingerprint density at radius 1 is 0.966 bits per heavy atom. The molecule has 0 spiro atoms. The number of hydrogen-bond acceptors (Lipinski definition) is 3. The van der Waals surface area contributed by atoms with E-state index in [1.165, 1.54) is 33.9 Å². The van der Waals surface area contributed by atoms with Crippen molar-refractivity contribution in [2.45, 2.75) is 24.8 Å². The lowest BCUT2D eigenvalue weighted by molar-refractivity contribution is 0.598. The fourth-order valence-electron chi connectivity index (χ4n) is 3.70. The van der Waals surface area contributed by atoms with Gasteiger partial charge in [-0.15, -0.1) is 0 Å². The topological polar surface area (TPSA) is 77.5 Å². The third kappa shape index (κ3) is 3.95. The van der Waals surface area contributed by atoms with Crippen molar-refractivity contribution in [1.29, 1.82) is 0 Å². The lowest BCUT2D eigenvalue weighted by Gasteiger charge is -2.03. The smallest absolute Gasteiger partial charge is 0.238 e. The molecule has 0 saturated heterocycles. The number of aromatic nitrogens is 1. The SMILES string of the molecule is CCn1c2ccccc2c2cc(C=NCCc3ccc(S(N)(=O)=O)cc3)ccc21. The molecule has 0 fully saturated rings. The minimum atomic E-state index is -3.65. The van der Waals surface area contributed by atoms with E-state index in [0.29, 0.717) is 6.54 Å². The van der Waals surface area contributed by atoms with Gasteiger partial charge in [0.2, 0.25) is 10.0 Å². The Labute approximate surface area is 170 Å². The fourth-order valence-corrected chi connectivity index (χ4v) is 4.22. The molecule has 0 aliphatic carbocycles. The van der Waals surface area contributed by atoms with E-state index in [9.17, 15) is 8.42 Å². The van der Waals surface area contributed by atoms with Crippen molar-refractivity contribution in [3.8, 4) is 0 Å².